The minimum Gasteiger partial charge on any atom is -0.454 e. The number of urea groups is 1. The molecule has 3 amide bonds. The SMILES string of the molecule is CC(C)NC(=O)NC(=O)COC(=O)Cn1nc(-c2ccccc2)oc1=O. The number of carbonyl (C=O) groups is 3. The highest BCUT2D eigenvalue weighted by Crippen LogP contribution is 2.13. The monoisotopic (exact) mass is 362 g/mol. The van der Waals surface area contributed by atoms with Crippen molar-refractivity contribution >= 4 is 17.9 Å². The van der Waals surface area contributed by atoms with E-state index in [1.165, 1.54) is 0 Å². The van der Waals surface area contributed by atoms with Crippen molar-refractivity contribution in [2.45, 2.75) is 26.4 Å². The first-order chi connectivity index (χ1) is 12.3. The van der Waals surface area contributed by atoms with Crippen LogP contribution in [0.25, 0.3) is 11.5 Å². The Kier molecular flexibility index (Phi) is 6.25. The predicted molar refractivity (Wildman–Crippen MR) is 89.0 cm³/mol. The lowest BCUT2D eigenvalue weighted by molar-refractivity contribution is -0.149. The topological polar surface area (TPSA) is 133 Å². The average Bonchev–Trinajstić information content (AvgIpc) is 2.94. The number of rotatable bonds is 6. The molecule has 138 valence electrons. The zero-order valence-corrected chi connectivity index (χ0v) is 14.2. The number of ether oxygens (including phenoxy) is 1. The van der Waals surface area contributed by atoms with Crippen molar-refractivity contribution in [3.63, 3.8) is 0 Å². The van der Waals surface area contributed by atoms with Crippen LogP contribution in [0.5, 0.6) is 0 Å². The van der Waals surface area contributed by atoms with Gasteiger partial charge in [0.2, 0.25) is 5.89 Å². The fraction of sp³-hybridized carbons (Fsp3) is 0.312. The molecule has 0 saturated carbocycles. The van der Waals surface area contributed by atoms with E-state index in [2.05, 4.69) is 10.4 Å². The number of carbonyl (C=O) groups excluding carboxylic acids is 3. The van der Waals surface area contributed by atoms with Crippen molar-refractivity contribution in [2.24, 2.45) is 0 Å². The van der Waals surface area contributed by atoms with Crippen LogP contribution in [0.15, 0.2) is 39.5 Å². The maximum absolute atomic E-state index is 11.7. The van der Waals surface area contributed by atoms with Gasteiger partial charge in [-0.1, -0.05) is 18.2 Å². The minimum atomic E-state index is -0.876. The first kappa shape index (κ1) is 18.9. The van der Waals surface area contributed by atoms with Crippen LogP contribution < -0.4 is 16.4 Å². The van der Waals surface area contributed by atoms with Crippen LogP contribution in [-0.2, 0) is 20.9 Å². The summed E-state index contributed by atoms with van der Waals surface area (Å²) in [7, 11) is 0. The first-order valence-corrected chi connectivity index (χ1v) is 7.74. The number of amides is 3. The number of nitrogens with one attached hydrogen (secondary N) is 2. The highest BCUT2D eigenvalue weighted by Gasteiger charge is 2.16. The van der Waals surface area contributed by atoms with Crippen molar-refractivity contribution in [2.75, 3.05) is 6.61 Å². The van der Waals surface area contributed by atoms with E-state index in [-0.39, 0.29) is 11.9 Å². The summed E-state index contributed by atoms with van der Waals surface area (Å²) in [5, 5.41) is 8.35. The van der Waals surface area contributed by atoms with E-state index >= 15 is 0 Å². The normalized spacial score (nSPS) is 10.4. The molecule has 0 atom stereocenters. The molecule has 0 saturated heterocycles. The second-order valence-corrected chi connectivity index (χ2v) is 5.53. The molecular formula is C16H18N4O6. The van der Waals surface area contributed by atoms with E-state index in [9.17, 15) is 19.2 Å². The molecule has 2 N–H and O–H groups in total. The number of hydrogen-bond donors (Lipinski definition) is 2. The molecule has 2 aromatic rings. The smallest absolute Gasteiger partial charge is 0.437 e. The summed E-state index contributed by atoms with van der Waals surface area (Å²) >= 11 is 0. The first-order valence-electron chi connectivity index (χ1n) is 7.74. The lowest BCUT2D eigenvalue weighted by Crippen LogP contribution is -2.44. The number of esters is 1. The van der Waals surface area contributed by atoms with Crippen molar-refractivity contribution in [3.05, 3.63) is 40.9 Å². The standard InChI is InChI=1S/C16H18N4O6/c1-10(2)17-15(23)18-12(21)9-25-13(22)8-20-16(24)26-14(19-20)11-6-4-3-5-7-11/h3-7,10H,8-9H2,1-2H3,(H2,17,18,21,23). The van der Waals surface area contributed by atoms with Gasteiger partial charge in [-0.3, -0.25) is 14.9 Å². The third-order valence-electron chi connectivity index (χ3n) is 2.94. The Hall–Kier alpha value is -3.43. The van der Waals surface area contributed by atoms with Gasteiger partial charge in [0.15, 0.2) is 6.61 Å². The number of benzene rings is 1. The summed E-state index contributed by atoms with van der Waals surface area (Å²) in [6, 6.07) is 7.83. The van der Waals surface area contributed by atoms with E-state index in [0.29, 0.717) is 5.56 Å². The minimum absolute atomic E-state index is 0.0616. The summed E-state index contributed by atoms with van der Waals surface area (Å²) in [6.45, 7) is 2.26. The number of nitrogens with zero attached hydrogens (tertiary/aromatic N) is 2. The second-order valence-electron chi connectivity index (χ2n) is 5.53. The molecule has 0 unspecified atom stereocenters. The van der Waals surface area contributed by atoms with Crippen LogP contribution in [-0.4, -0.2) is 40.3 Å². The maximum atomic E-state index is 11.7. The lowest BCUT2D eigenvalue weighted by Gasteiger charge is -2.09. The van der Waals surface area contributed by atoms with Crippen molar-refractivity contribution in [3.8, 4) is 11.5 Å². The largest absolute Gasteiger partial charge is 0.454 e. The highest BCUT2D eigenvalue weighted by molar-refractivity contribution is 5.95. The van der Waals surface area contributed by atoms with Crippen LogP contribution in [0.1, 0.15) is 13.8 Å². The fourth-order valence-electron chi connectivity index (χ4n) is 1.88. The Morgan fingerprint density at radius 2 is 1.92 bits per heavy atom. The van der Waals surface area contributed by atoms with Crippen molar-refractivity contribution in [1.82, 2.24) is 20.4 Å². The lowest BCUT2D eigenvalue weighted by atomic mass is 10.2. The summed E-state index contributed by atoms with van der Waals surface area (Å²) in [6.07, 6.45) is 0. The Bertz CT molecular complexity index is 840. The van der Waals surface area contributed by atoms with Gasteiger partial charge in [-0.2, -0.15) is 4.68 Å². The zero-order chi connectivity index (χ0) is 19.1. The third-order valence-corrected chi connectivity index (χ3v) is 2.94. The quantitative estimate of drug-likeness (QED) is 0.705. The molecule has 0 aliphatic carbocycles. The molecule has 1 aromatic carbocycles. The van der Waals surface area contributed by atoms with Gasteiger partial charge in [0.05, 0.1) is 0 Å². The second kappa shape index (κ2) is 8.60. The fourth-order valence-corrected chi connectivity index (χ4v) is 1.88. The molecule has 2 rings (SSSR count). The van der Waals surface area contributed by atoms with Crippen LogP contribution >= 0.6 is 0 Å². The summed E-state index contributed by atoms with van der Waals surface area (Å²) < 4.78 is 10.5. The molecule has 0 bridgehead atoms. The highest BCUT2D eigenvalue weighted by atomic mass is 16.5. The van der Waals surface area contributed by atoms with E-state index in [4.69, 9.17) is 9.15 Å². The van der Waals surface area contributed by atoms with E-state index in [0.717, 1.165) is 4.68 Å². The zero-order valence-electron chi connectivity index (χ0n) is 14.2. The van der Waals surface area contributed by atoms with Crippen LogP contribution in [0.4, 0.5) is 4.79 Å². The van der Waals surface area contributed by atoms with Gasteiger partial charge in [-0.05, 0) is 26.0 Å². The molecule has 0 fully saturated rings. The number of aromatic nitrogens is 2. The summed E-state index contributed by atoms with van der Waals surface area (Å²) in [4.78, 5) is 46.3. The molecule has 1 aromatic heterocycles. The van der Waals surface area contributed by atoms with E-state index < -0.39 is 36.8 Å². The average molecular weight is 362 g/mol. The van der Waals surface area contributed by atoms with Gasteiger partial charge in [-0.15, -0.1) is 5.10 Å². The Balaban J connectivity index is 1.87. The van der Waals surface area contributed by atoms with Gasteiger partial charge in [-0.25, -0.2) is 9.59 Å². The molecule has 10 nitrogen and oxygen atoms in total. The Morgan fingerprint density at radius 3 is 2.58 bits per heavy atom. The number of imide groups is 1. The van der Waals surface area contributed by atoms with Gasteiger partial charge in [0.25, 0.3) is 5.91 Å². The van der Waals surface area contributed by atoms with E-state index in [1.807, 2.05) is 5.32 Å². The Labute approximate surface area is 148 Å². The van der Waals surface area contributed by atoms with Crippen molar-refractivity contribution in [1.29, 1.82) is 0 Å². The van der Waals surface area contributed by atoms with Gasteiger partial charge < -0.3 is 14.5 Å². The van der Waals surface area contributed by atoms with E-state index in [1.54, 1.807) is 44.2 Å². The Morgan fingerprint density at radius 1 is 1.23 bits per heavy atom. The van der Waals surface area contributed by atoms with Crippen molar-refractivity contribution < 1.29 is 23.5 Å². The molecule has 0 radical (unpaired) electrons. The van der Waals surface area contributed by atoms with Gasteiger partial charge in [0.1, 0.15) is 6.54 Å². The molecule has 1 heterocycles. The molecule has 26 heavy (non-hydrogen) atoms. The van der Waals surface area contributed by atoms with Gasteiger partial charge in [0, 0.05) is 11.6 Å². The number of hydrogen-bond acceptors (Lipinski definition) is 7. The molecule has 0 spiro atoms. The third kappa shape index (κ3) is 5.58. The van der Waals surface area contributed by atoms with Crippen LogP contribution in [0.3, 0.4) is 0 Å². The van der Waals surface area contributed by atoms with Crippen LogP contribution in [0, 0.1) is 0 Å². The van der Waals surface area contributed by atoms with Crippen LogP contribution in [0.2, 0.25) is 0 Å². The van der Waals surface area contributed by atoms with Gasteiger partial charge >= 0.3 is 17.8 Å². The molecule has 10 heteroatoms. The summed E-state index contributed by atoms with van der Waals surface area (Å²) in [5.74, 6) is -2.44. The molecular weight excluding hydrogens is 344 g/mol. The maximum Gasteiger partial charge on any atom is 0.437 e. The molecule has 0 aliphatic heterocycles. The predicted octanol–water partition coefficient (Wildman–Crippen LogP) is 0.281. The molecule has 0 aliphatic rings. The summed E-state index contributed by atoms with van der Waals surface area (Å²) in [5.41, 5.74) is 0.576.